The summed E-state index contributed by atoms with van der Waals surface area (Å²) >= 11 is 0. The number of unbranched alkanes of at least 4 members (excludes halogenated alkanes) is 11. The predicted octanol–water partition coefficient (Wildman–Crippen LogP) is 9.12. The van der Waals surface area contributed by atoms with Gasteiger partial charge in [-0.15, -0.1) is 0 Å². The number of nitrogens with two attached hydrogens (primary N) is 1. The van der Waals surface area contributed by atoms with Crippen LogP contribution in [0.1, 0.15) is 136 Å². The lowest BCUT2D eigenvalue weighted by Gasteiger charge is -2.11. The van der Waals surface area contributed by atoms with Crippen molar-refractivity contribution in [3.8, 4) is 0 Å². The molecule has 2 N–H and O–H groups in total. The molecule has 0 bridgehead atoms. The van der Waals surface area contributed by atoms with E-state index in [1.54, 1.807) is 0 Å². The molecule has 0 rings (SSSR count). The van der Waals surface area contributed by atoms with E-state index in [4.69, 9.17) is 5.73 Å². The first-order valence-electron chi connectivity index (χ1n) is 12.7. The van der Waals surface area contributed by atoms with E-state index in [0.717, 1.165) is 12.3 Å². The number of hydrogen-bond donors (Lipinski definition) is 1. The standard InChI is InChI=1S/C27H53N/c1-4-5-6-7-8-9-10-11-12-13-14-15-16-17-21-24-27(28)25-22-19-18-20-23-26(2)3/h8-9,11-12,26-27H,4-7,10,13-25,28H2,1-3H3/b9-8+,12-11+. The molecular formula is C27H53N. The molecule has 0 aromatic heterocycles. The summed E-state index contributed by atoms with van der Waals surface area (Å²) in [7, 11) is 0. The third-order valence-electron chi connectivity index (χ3n) is 5.63. The van der Waals surface area contributed by atoms with Gasteiger partial charge >= 0.3 is 0 Å². The fourth-order valence-corrected chi connectivity index (χ4v) is 3.67. The molecule has 1 unspecified atom stereocenters. The molecule has 0 aliphatic heterocycles. The fraction of sp³-hybridized carbons (Fsp3) is 0.852. The average Bonchev–Trinajstić information content (AvgIpc) is 2.67. The molecule has 0 aromatic carbocycles. The predicted molar refractivity (Wildman–Crippen MR) is 130 cm³/mol. The summed E-state index contributed by atoms with van der Waals surface area (Å²) in [6.45, 7) is 6.90. The molecule has 1 nitrogen and oxygen atoms in total. The van der Waals surface area contributed by atoms with Crippen molar-refractivity contribution in [3.05, 3.63) is 24.3 Å². The topological polar surface area (TPSA) is 26.0 Å². The van der Waals surface area contributed by atoms with Crippen molar-refractivity contribution in [2.45, 2.75) is 142 Å². The van der Waals surface area contributed by atoms with E-state index in [1.165, 1.54) is 109 Å². The van der Waals surface area contributed by atoms with Crippen LogP contribution in [0, 0.1) is 5.92 Å². The largest absolute Gasteiger partial charge is 0.328 e. The van der Waals surface area contributed by atoms with Gasteiger partial charge in [0, 0.05) is 6.04 Å². The van der Waals surface area contributed by atoms with Crippen molar-refractivity contribution >= 4 is 0 Å². The van der Waals surface area contributed by atoms with Crippen molar-refractivity contribution in [2.24, 2.45) is 11.7 Å². The minimum absolute atomic E-state index is 0.447. The first-order chi connectivity index (χ1) is 13.7. The molecule has 1 heteroatoms. The quantitative estimate of drug-likeness (QED) is 0.153. The minimum Gasteiger partial charge on any atom is -0.328 e. The van der Waals surface area contributed by atoms with Crippen molar-refractivity contribution < 1.29 is 0 Å². The van der Waals surface area contributed by atoms with Gasteiger partial charge < -0.3 is 5.73 Å². The van der Waals surface area contributed by atoms with Gasteiger partial charge in [0.1, 0.15) is 0 Å². The van der Waals surface area contributed by atoms with Crippen LogP contribution in [-0.2, 0) is 0 Å². The van der Waals surface area contributed by atoms with Gasteiger partial charge in [0.25, 0.3) is 0 Å². The summed E-state index contributed by atoms with van der Waals surface area (Å²) in [5, 5.41) is 0. The monoisotopic (exact) mass is 391 g/mol. The fourth-order valence-electron chi connectivity index (χ4n) is 3.67. The molecular weight excluding hydrogens is 338 g/mol. The molecule has 0 aliphatic carbocycles. The Morgan fingerprint density at radius 2 is 1.04 bits per heavy atom. The molecule has 0 heterocycles. The van der Waals surface area contributed by atoms with Crippen molar-refractivity contribution in [3.63, 3.8) is 0 Å². The van der Waals surface area contributed by atoms with Crippen LogP contribution in [0.25, 0.3) is 0 Å². The van der Waals surface area contributed by atoms with Gasteiger partial charge in [-0.25, -0.2) is 0 Å². The van der Waals surface area contributed by atoms with Crippen LogP contribution in [0.3, 0.4) is 0 Å². The van der Waals surface area contributed by atoms with Crippen molar-refractivity contribution in [2.75, 3.05) is 0 Å². The molecule has 0 saturated heterocycles. The van der Waals surface area contributed by atoms with Crippen LogP contribution in [-0.4, -0.2) is 6.04 Å². The Bertz CT molecular complexity index is 342. The minimum atomic E-state index is 0.447. The molecule has 0 aromatic rings. The molecule has 166 valence electrons. The summed E-state index contributed by atoms with van der Waals surface area (Å²) in [5.41, 5.74) is 6.28. The molecule has 0 radical (unpaired) electrons. The molecule has 0 aliphatic rings. The molecule has 0 fully saturated rings. The Morgan fingerprint density at radius 1 is 0.571 bits per heavy atom. The Hall–Kier alpha value is -0.560. The molecule has 0 spiro atoms. The van der Waals surface area contributed by atoms with Crippen molar-refractivity contribution in [1.29, 1.82) is 0 Å². The maximum atomic E-state index is 6.28. The van der Waals surface area contributed by atoms with Gasteiger partial charge in [-0.2, -0.15) is 0 Å². The molecule has 1 atom stereocenters. The highest BCUT2D eigenvalue weighted by Gasteiger charge is 2.02. The highest BCUT2D eigenvalue weighted by Crippen LogP contribution is 2.14. The zero-order valence-electron chi connectivity index (χ0n) is 19.8. The number of allylic oxidation sites excluding steroid dienone is 4. The van der Waals surface area contributed by atoms with Crippen LogP contribution in [0.15, 0.2) is 24.3 Å². The van der Waals surface area contributed by atoms with Crippen LogP contribution in [0.5, 0.6) is 0 Å². The Balaban J connectivity index is 3.26. The smallest absolute Gasteiger partial charge is 0.00388 e. The second-order valence-electron chi connectivity index (χ2n) is 9.16. The van der Waals surface area contributed by atoms with Crippen LogP contribution >= 0.6 is 0 Å². The summed E-state index contributed by atoms with van der Waals surface area (Å²) in [5.74, 6) is 0.862. The van der Waals surface area contributed by atoms with Crippen LogP contribution in [0.2, 0.25) is 0 Å². The zero-order valence-corrected chi connectivity index (χ0v) is 19.8. The van der Waals surface area contributed by atoms with E-state index in [0.29, 0.717) is 6.04 Å². The van der Waals surface area contributed by atoms with Gasteiger partial charge in [-0.3, -0.25) is 0 Å². The Kier molecular flexibility index (Phi) is 22.3. The molecule has 28 heavy (non-hydrogen) atoms. The highest BCUT2D eigenvalue weighted by atomic mass is 14.6. The lowest BCUT2D eigenvalue weighted by molar-refractivity contribution is 0.473. The number of rotatable bonds is 21. The lowest BCUT2D eigenvalue weighted by Crippen LogP contribution is -2.19. The van der Waals surface area contributed by atoms with E-state index in [2.05, 4.69) is 45.1 Å². The first-order valence-corrected chi connectivity index (χ1v) is 12.7. The van der Waals surface area contributed by atoms with E-state index in [-0.39, 0.29) is 0 Å². The van der Waals surface area contributed by atoms with Crippen LogP contribution in [0.4, 0.5) is 0 Å². The Morgan fingerprint density at radius 3 is 1.57 bits per heavy atom. The summed E-state index contributed by atoms with van der Waals surface area (Å²) in [6, 6.07) is 0.447. The zero-order chi connectivity index (χ0) is 20.7. The summed E-state index contributed by atoms with van der Waals surface area (Å²) in [4.78, 5) is 0. The second kappa shape index (κ2) is 22.7. The molecule has 0 saturated carbocycles. The highest BCUT2D eigenvalue weighted by molar-refractivity contribution is 4.92. The normalized spacial score (nSPS) is 13.3. The lowest BCUT2D eigenvalue weighted by atomic mass is 10.00. The SMILES string of the molecule is CCCCC/C=C/C/C=C/CCCCCCCC(N)CCCCCCC(C)C. The van der Waals surface area contributed by atoms with Crippen molar-refractivity contribution in [1.82, 2.24) is 0 Å². The van der Waals surface area contributed by atoms with E-state index < -0.39 is 0 Å². The summed E-state index contributed by atoms with van der Waals surface area (Å²) < 4.78 is 0. The third-order valence-corrected chi connectivity index (χ3v) is 5.63. The third kappa shape index (κ3) is 23.5. The maximum Gasteiger partial charge on any atom is 0.00388 e. The maximum absolute atomic E-state index is 6.28. The second-order valence-corrected chi connectivity index (χ2v) is 9.16. The van der Waals surface area contributed by atoms with E-state index >= 15 is 0 Å². The van der Waals surface area contributed by atoms with Crippen LogP contribution < -0.4 is 5.73 Å². The van der Waals surface area contributed by atoms with E-state index in [9.17, 15) is 0 Å². The van der Waals surface area contributed by atoms with Gasteiger partial charge in [-0.1, -0.05) is 116 Å². The number of hydrogen-bond acceptors (Lipinski definition) is 1. The summed E-state index contributed by atoms with van der Waals surface area (Å²) in [6.07, 6.45) is 33.2. The van der Waals surface area contributed by atoms with Gasteiger partial charge in [0.05, 0.1) is 0 Å². The Labute approximate surface area is 178 Å². The average molecular weight is 392 g/mol. The first kappa shape index (κ1) is 27.4. The van der Waals surface area contributed by atoms with Gasteiger partial charge in [0.2, 0.25) is 0 Å². The molecule has 0 amide bonds. The van der Waals surface area contributed by atoms with Gasteiger partial charge in [0.15, 0.2) is 0 Å². The van der Waals surface area contributed by atoms with E-state index in [1.807, 2.05) is 0 Å². The van der Waals surface area contributed by atoms with Gasteiger partial charge in [-0.05, 0) is 50.9 Å².